The minimum atomic E-state index is -0.476. The summed E-state index contributed by atoms with van der Waals surface area (Å²) in [7, 11) is 1.30. The van der Waals surface area contributed by atoms with Gasteiger partial charge in [-0.25, -0.2) is 4.79 Å². The van der Waals surface area contributed by atoms with Crippen molar-refractivity contribution in [2.45, 2.75) is 12.8 Å². The molecule has 0 N–H and O–H groups in total. The zero-order chi connectivity index (χ0) is 11.4. The zero-order valence-corrected chi connectivity index (χ0v) is 9.21. The van der Waals surface area contributed by atoms with Crippen LogP contribution in [0.15, 0.2) is 18.2 Å². The van der Waals surface area contributed by atoms with Gasteiger partial charge in [-0.3, -0.25) is 0 Å². The number of hydrogen-bond donors (Lipinski definition) is 0. The summed E-state index contributed by atoms with van der Waals surface area (Å²) in [6.07, 6.45) is 0. The first-order valence-corrected chi connectivity index (χ1v) is 4.75. The van der Waals surface area contributed by atoms with Crippen LogP contribution < -0.4 is 0 Å². The summed E-state index contributed by atoms with van der Waals surface area (Å²) in [5, 5.41) is 9.03. The van der Waals surface area contributed by atoms with Gasteiger partial charge >= 0.3 is 5.97 Å². The number of ether oxygens (including phenoxy) is 1. The number of methoxy groups -OCH3 is 1. The smallest absolute Gasteiger partial charge is 0.339 e. The highest BCUT2D eigenvalue weighted by molar-refractivity contribution is 6.33. The lowest BCUT2D eigenvalue weighted by Gasteiger charge is -2.06. The standard InChI is InChI=1S/C11H10ClNO2/c1-7(6-13)8-3-4-9(10(12)5-8)11(14)15-2/h3-5,7H,1-2H3. The molecule has 0 aliphatic rings. The van der Waals surface area contributed by atoms with Crippen molar-refractivity contribution in [1.82, 2.24) is 0 Å². The predicted octanol–water partition coefficient (Wildman–Crippen LogP) is 2.75. The molecule has 15 heavy (non-hydrogen) atoms. The monoisotopic (exact) mass is 223 g/mol. The Kier molecular flexibility index (Phi) is 3.70. The second kappa shape index (κ2) is 4.81. The summed E-state index contributed by atoms with van der Waals surface area (Å²) in [5.74, 6) is -0.717. The first kappa shape index (κ1) is 11.5. The summed E-state index contributed by atoms with van der Waals surface area (Å²) < 4.78 is 4.56. The molecule has 0 bridgehead atoms. The first-order valence-electron chi connectivity index (χ1n) is 4.37. The van der Waals surface area contributed by atoms with E-state index in [4.69, 9.17) is 16.9 Å². The van der Waals surface area contributed by atoms with Crippen LogP contribution in [0.1, 0.15) is 28.8 Å². The maximum atomic E-state index is 11.2. The quantitative estimate of drug-likeness (QED) is 0.725. The Labute approximate surface area is 93.2 Å². The molecule has 1 rings (SSSR count). The van der Waals surface area contributed by atoms with Crippen molar-refractivity contribution in [3.05, 3.63) is 34.3 Å². The fourth-order valence-electron chi connectivity index (χ4n) is 1.15. The normalized spacial score (nSPS) is 11.6. The Bertz CT molecular complexity index is 423. The van der Waals surface area contributed by atoms with Gasteiger partial charge in [-0.2, -0.15) is 5.26 Å². The van der Waals surface area contributed by atoms with Gasteiger partial charge in [-0.15, -0.1) is 0 Å². The maximum Gasteiger partial charge on any atom is 0.339 e. The number of benzene rings is 1. The molecule has 1 atom stereocenters. The second-order valence-electron chi connectivity index (χ2n) is 3.08. The van der Waals surface area contributed by atoms with Crippen LogP contribution in [0.3, 0.4) is 0 Å². The van der Waals surface area contributed by atoms with Gasteiger partial charge in [-0.05, 0) is 24.6 Å². The van der Waals surface area contributed by atoms with Crippen molar-refractivity contribution in [2.24, 2.45) is 0 Å². The molecular formula is C11H10ClNO2. The van der Waals surface area contributed by atoms with E-state index < -0.39 is 5.97 Å². The van der Waals surface area contributed by atoms with Gasteiger partial charge in [0.05, 0.1) is 29.7 Å². The van der Waals surface area contributed by atoms with E-state index in [-0.39, 0.29) is 5.92 Å². The highest BCUT2D eigenvalue weighted by Crippen LogP contribution is 2.23. The van der Waals surface area contributed by atoms with E-state index in [0.29, 0.717) is 10.6 Å². The second-order valence-corrected chi connectivity index (χ2v) is 3.49. The summed E-state index contributed by atoms with van der Waals surface area (Å²) in [5.41, 5.74) is 1.10. The van der Waals surface area contributed by atoms with Gasteiger partial charge in [0.25, 0.3) is 0 Å². The fraction of sp³-hybridized carbons (Fsp3) is 0.273. The SMILES string of the molecule is COC(=O)c1ccc(C(C)C#N)cc1Cl. The van der Waals surface area contributed by atoms with E-state index in [1.807, 2.05) is 0 Å². The van der Waals surface area contributed by atoms with Crippen molar-refractivity contribution in [1.29, 1.82) is 5.26 Å². The molecule has 0 heterocycles. The molecule has 3 nitrogen and oxygen atoms in total. The van der Waals surface area contributed by atoms with E-state index in [1.54, 1.807) is 25.1 Å². The lowest BCUT2D eigenvalue weighted by molar-refractivity contribution is 0.0601. The van der Waals surface area contributed by atoms with Crippen molar-refractivity contribution < 1.29 is 9.53 Å². The Morgan fingerprint density at radius 1 is 1.60 bits per heavy atom. The molecule has 1 aromatic carbocycles. The first-order chi connectivity index (χ1) is 7.10. The molecule has 78 valence electrons. The summed E-state index contributed by atoms with van der Waals surface area (Å²) in [6.45, 7) is 1.77. The molecule has 0 spiro atoms. The van der Waals surface area contributed by atoms with E-state index in [9.17, 15) is 4.79 Å². The van der Waals surface area contributed by atoms with Crippen molar-refractivity contribution in [2.75, 3.05) is 7.11 Å². The molecule has 1 aromatic rings. The molecule has 0 aromatic heterocycles. The lowest BCUT2D eigenvalue weighted by Crippen LogP contribution is -2.02. The number of nitriles is 1. The Hall–Kier alpha value is -1.53. The summed E-state index contributed by atoms with van der Waals surface area (Å²) >= 11 is 5.89. The van der Waals surface area contributed by atoms with Crippen LogP contribution in [-0.4, -0.2) is 13.1 Å². The van der Waals surface area contributed by atoms with E-state index in [0.717, 1.165) is 5.56 Å². The molecule has 1 unspecified atom stereocenters. The van der Waals surface area contributed by atoms with Crippen LogP contribution in [0.2, 0.25) is 5.02 Å². The number of carbonyl (C=O) groups excluding carboxylic acids is 1. The highest BCUT2D eigenvalue weighted by Gasteiger charge is 2.12. The summed E-state index contributed by atoms with van der Waals surface area (Å²) in [4.78, 5) is 11.2. The number of halogens is 1. The molecule has 0 amide bonds. The Morgan fingerprint density at radius 2 is 2.27 bits per heavy atom. The van der Waals surface area contributed by atoms with E-state index in [2.05, 4.69) is 10.8 Å². The predicted molar refractivity (Wildman–Crippen MR) is 56.8 cm³/mol. The number of hydrogen-bond acceptors (Lipinski definition) is 3. The van der Waals surface area contributed by atoms with E-state index >= 15 is 0 Å². The molecule has 0 aliphatic carbocycles. The third-order valence-corrected chi connectivity index (χ3v) is 2.40. The number of rotatable bonds is 2. The average Bonchev–Trinajstić information content (AvgIpc) is 2.26. The third kappa shape index (κ3) is 2.48. The molecule has 0 radical (unpaired) electrons. The molecule has 4 heteroatoms. The van der Waals surface area contributed by atoms with Crippen molar-refractivity contribution in [3.8, 4) is 6.07 Å². The maximum absolute atomic E-state index is 11.2. The van der Waals surface area contributed by atoms with Crippen LogP contribution >= 0.6 is 11.6 Å². The molecular weight excluding hydrogens is 214 g/mol. The zero-order valence-electron chi connectivity index (χ0n) is 8.45. The fourth-order valence-corrected chi connectivity index (χ4v) is 1.42. The molecule has 0 saturated carbocycles. The van der Waals surface area contributed by atoms with E-state index in [1.165, 1.54) is 7.11 Å². The van der Waals surface area contributed by atoms with Crippen molar-refractivity contribution in [3.63, 3.8) is 0 Å². The topological polar surface area (TPSA) is 50.1 Å². The van der Waals surface area contributed by atoms with Gasteiger partial charge in [0.1, 0.15) is 0 Å². The third-order valence-electron chi connectivity index (χ3n) is 2.09. The largest absolute Gasteiger partial charge is 0.465 e. The van der Waals surface area contributed by atoms with Crippen LogP contribution in [-0.2, 0) is 4.74 Å². The van der Waals surface area contributed by atoms with Gasteiger partial charge < -0.3 is 4.74 Å². The van der Waals surface area contributed by atoms with Gasteiger partial charge in [-0.1, -0.05) is 17.7 Å². The number of carbonyl (C=O) groups is 1. The summed E-state index contributed by atoms with van der Waals surface area (Å²) in [6, 6.07) is 6.98. The minimum Gasteiger partial charge on any atom is -0.465 e. The van der Waals surface area contributed by atoms with Crippen LogP contribution in [0, 0.1) is 11.3 Å². The van der Waals surface area contributed by atoms with Crippen molar-refractivity contribution >= 4 is 17.6 Å². The van der Waals surface area contributed by atoms with Crippen LogP contribution in [0.25, 0.3) is 0 Å². The Balaban J connectivity index is 3.10. The van der Waals surface area contributed by atoms with Crippen LogP contribution in [0.4, 0.5) is 0 Å². The van der Waals surface area contributed by atoms with Gasteiger partial charge in [0, 0.05) is 0 Å². The molecule has 0 aliphatic heterocycles. The highest BCUT2D eigenvalue weighted by atomic mass is 35.5. The number of nitrogens with zero attached hydrogens (tertiary/aromatic N) is 1. The Morgan fingerprint density at radius 3 is 2.73 bits per heavy atom. The van der Waals surface area contributed by atoms with Crippen LogP contribution in [0.5, 0.6) is 0 Å². The molecule has 0 fully saturated rings. The molecule has 0 saturated heterocycles. The minimum absolute atomic E-state index is 0.241. The average molecular weight is 224 g/mol. The number of esters is 1. The lowest BCUT2D eigenvalue weighted by atomic mass is 10.0. The van der Waals surface area contributed by atoms with Gasteiger partial charge in [0.2, 0.25) is 0 Å². The van der Waals surface area contributed by atoms with Gasteiger partial charge in [0.15, 0.2) is 0 Å².